The van der Waals surface area contributed by atoms with Gasteiger partial charge in [-0.3, -0.25) is 0 Å². The molecule has 1 aromatic rings. The van der Waals surface area contributed by atoms with Crippen molar-refractivity contribution in [3.05, 3.63) is 5.82 Å². The van der Waals surface area contributed by atoms with Gasteiger partial charge in [0.15, 0.2) is 0 Å². The van der Waals surface area contributed by atoms with Gasteiger partial charge < -0.3 is 10.1 Å². The first-order chi connectivity index (χ1) is 6.51. The lowest BCUT2D eigenvalue weighted by atomic mass is 10.1. The van der Waals surface area contributed by atoms with Gasteiger partial charge in [0.05, 0.1) is 6.61 Å². The lowest BCUT2D eigenvalue weighted by Gasteiger charge is -2.18. The van der Waals surface area contributed by atoms with Crippen LogP contribution in [0.15, 0.2) is 0 Å². The maximum absolute atomic E-state index is 4.96. The summed E-state index contributed by atoms with van der Waals surface area (Å²) in [6.07, 6.45) is 0.777. The van der Waals surface area contributed by atoms with Gasteiger partial charge >= 0.3 is 0 Å². The molecule has 80 valence electrons. The SMILES string of the molecule is COCCc1nsc(NC(C)(C)C)n1. The molecule has 0 spiro atoms. The predicted molar refractivity (Wildman–Crippen MR) is 58.9 cm³/mol. The Morgan fingerprint density at radius 1 is 1.43 bits per heavy atom. The molecule has 5 heteroatoms. The van der Waals surface area contributed by atoms with Crippen LogP contribution < -0.4 is 5.32 Å². The number of hydrogen-bond donors (Lipinski definition) is 1. The van der Waals surface area contributed by atoms with E-state index >= 15 is 0 Å². The fourth-order valence-electron chi connectivity index (χ4n) is 0.920. The Morgan fingerprint density at radius 3 is 2.71 bits per heavy atom. The number of ether oxygens (including phenoxy) is 1. The summed E-state index contributed by atoms with van der Waals surface area (Å²) in [5, 5.41) is 4.16. The van der Waals surface area contributed by atoms with Crippen LogP contribution in [-0.4, -0.2) is 28.6 Å². The second kappa shape index (κ2) is 4.70. The van der Waals surface area contributed by atoms with Crippen molar-refractivity contribution in [2.45, 2.75) is 32.7 Å². The highest BCUT2D eigenvalue weighted by Crippen LogP contribution is 2.16. The zero-order valence-electron chi connectivity index (χ0n) is 9.13. The molecule has 0 aromatic carbocycles. The van der Waals surface area contributed by atoms with E-state index in [0.717, 1.165) is 17.4 Å². The lowest BCUT2D eigenvalue weighted by Crippen LogP contribution is -2.25. The van der Waals surface area contributed by atoms with Crippen LogP contribution in [0, 0.1) is 0 Å². The summed E-state index contributed by atoms with van der Waals surface area (Å²) in [5.41, 5.74) is 0.0397. The highest BCUT2D eigenvalue weighted by atomic mass is 32.1. The average Bonchev–Trinajstić information content (AvgIpc) is 2.46. The Labute approximate surface area is 88.9 Å². The summed E-state index contributed by atoms with van der Waals surface area (Å²) in [6, 6.07) is 0. The third-order valence-electron chi connectivity index (χ3n) is 1.48. The molecule has 0 atom stereocenters. The molecule has 0 unspecified atom stereocenters. The van der Waals surface area contributed by atoms with Gasteiger partial charge in [0.25, 0.3) is 0 Å². The van der Waals surface area contributed by atoms with E-state index < -0.39 is 0 Å². The van der Waals surface area contributed by atoms with Crippen molar-refractivity contribution >= 4 is 16.7 Å². The monoisotopic (exact) mass is 215 g/mol. The molecule has 4 nitrogen and oxygen atoms in total. The van der Waals surface area contributed by atoms with E-state index in [1.807, 2.05) is 0 Å². The van der Waals surface area contributed by atoms with Gasteiger partial charge in [-0.05, 0) is 20.8 Å². The molecule has 0 radical (unpaired) electrons. The van der Waals surface area contributed by atoms with Crippen LogP contribution in [0.5, 0.6) is 0 Å². The normalized spacial score (nSPS) is 11.7. The van der Waals surface area contributed by atoms with E-state index in [0.29, 0.717) is 6.61 Å². The molecule has 1 rings (SSSR count). The van der Waals surface area contributed by atoms with Crippen LogP contribution >= 0.6 is 11.5 Å². The van der Waals surface area contributed by atoms with E-state index in [1.165, 1.54) is 11.5 Å². The van der Waals surface area contributed by atoms with E-state index in [1.54, 1.807) is 7.11 Å². The molecule has 0 amide bonds. The van der Waals surface area contributed by atoms with Gasteiger partial charge in [0, 0.05) is 30.6 Å². The first-order valence-electron chi connectivity index (χ1n) is 4.61. The predicted octanol–water partition coefficient (Wildman–Crippen LogP) is 1.94. The summed E-state index contributed by atoms with van der Waals surface area (Å²) in [7, 11) is 1.68. The van der Waals surface area contributed by atoms with Gasteiger partial charge in [0.2, 0.25) is 5.13 Å². The first-order valence-corrected chi connectivity index (χ1v) is 5.38. The van der Waals surface area contributed by atoms with Crippen molar-refractivity contribution in [1.82, 2.24) is 9.36 Å². The van der Waals surface area contributed by atoms with Gasteiger partial charge in [-0.15, -0.1) is 0 Å². The zero-order chi connectivity index (χ0) is 10.6. The molecule has 1 aromatic heterocycles. The minimum atomic E-state index is 0.0397. The number of nitrogens with zero attached hydrogens (tertiary/aromatic N) is 2. The first kappa shape index (κ1) is 11.4. The van der Waals surface area contributed by atoms with E-state index in [4.69, 9.17) is 4.74 Å². The molecule has 14 heavy (non-hydrogen) atoms. The molecule has 1 N–H and O–H groups in total. The smallest absolute Gasteiger partial charge is 0.202 e. The molecule has 1 heterocycles. The van der Waals surface area contributed by atoms with Crippen molar-refractivity contribution < 1.29 is 4.74 Å². The standard InChI is InChI=1S/C9H17N3OS/c1-9(2,3)11-8-10-7(12-14-8)5-6-13-4/h5-6H2,1-4H3,(H,10,11,12). The number of hydrogen-bond acceptors (Lipinski definition) is 5. The summed E-state index contributed by atoms with van der Waals surface area (Å²) < 4.78 is 9.19. The average molecular weight is 215 g/mol. The van der Waals surface area contributed by atoms with Crippen molar-refractivity contribution in [1.29, 1.82) is 0 Å². The topological polar surface area (TPSA) is 47.0 Å². The van der Waals surface area contributed by atoms with E-state index in [2.05, 4.69) is 35.4 Å². The Bertz CT molecular complexity index is 280. The highest BCUT2D eigenvalue weighted by Gasteiger charge is 2.12. The van der Waals surface area contributed by atoms with Gasteiger partial charge in [0.1, 0.15) is 5.82 Å². The van der Waals surface area contributed by atoms with Crippen LogP contribution in [0.3, 0.4) is 0 Å². The van der Waals surface area contributed by atoms with E-state index in [9.17, 15) is 0 Å². The van der Waals surface area contributed by atoms with Crippen molar-refractivity contribution in [3.63, 3.8) is 0 Å². The Balaban J connectivity index is 2.51. The second-order valence-electron chi connectivity index (χ2n) is 4.13. The second-order valence-corrected chi connectivity index (χ2v) is 4.89. The Morgan fingerprint density at radius 2 is 2.14 bits per heavy atom. The Hall–Kier alpha value is -0.680. The van der Waals surface area contributed by atoms with Crippen LogP contribution in [0.4, 0.5) is 5.13 Å². The molecular weight excluding hydrogens is 198 g/mol. The highest BCUT2D eigenvalue weighted by molar-refractivity contribution is 7.09. The summed E-state index contributed by atoms with van der Waals surface area (Å²) >= 11 is 1.40. The third-order valence-corrected chi connectivity index (χ3v) is 2.15. The molecule has 0 saturated carbocycles. The minimum absolute atomic E-state index is 0.0397. The van der Waals surface area contributed by atoms with Crippen molar-refractivity contribution in [2.24, 2.45) is 0 Å². The largest absolute Gasteiger partial charge is 0.384 e. The lowest BCUT2D eigenvalue weighted by molar-refractivity contribution is 0.201. The molecule has 0 aliphatic heterocycles. The van der Waals surface area contributed by atoms with Gasteiger partial charge in [-0.25, -0.2) is 4.98 Å². The third kappa shape index (κ3) is 4.02. The molecule has 0 saturated heterocycles. The molecule has 0 aliphatic carbocycles. The number of aromatic nitrogens is 2. The molecule has 0 fully saturated rings. The summed E-state index contributed by atoms with van der Waals surface area (Å²) in [4.78, 5) is 4.35. The molecule has 0 aliphatic rings. The minimum Gasteiger partial charge on any atom is -0.384 e. The number of methoxy groups -OCH3 is 1. The summed E-state index contributed by atoms with van der Waals surface area (Å²) in [6.45, 7) is 6.97. The molecule has 0 bridgehead atoms. The Kier molecular flexibility index (Phi) is 3.83. The van der Waals surface area contributed by atoms with E-state index in [-0.39, 0.29) is 5.54 Å². The zero-order valence-corrected chi connectivity index (χ0v) is 9.94. The summed E-state index contributed by atoms with van der Waals surface area (Å²) in [5.74, 6) is 0.851. The maximum atomic E-state index is 4.96. The van der Waals surface area contributed by atoms with Gasteiger partial charge in [-0.2, -0.15) is 4.37 Å². The quantitative estimate of drug-likeness (QED) is 0.833. The maximum Gasteiger partial charge on any atom is 0.202 e. The van der Waals surface area contributed by atoms with Crippen molar-refractivity contribution in [2.75, 3.05) is 19.0 Å². The number of anilines is 1. The van der Waals surface area contributed by atoms with Crippen molar-refractivity contribution in [3.8, 4) is 0 Å². The fourth-order valence-corrected chi connectivity index (χ4v) is 1.74. The van der Waals surface area contributed by atoms with Gasteiger partial charge in [-0.1, -0.05) is 0 Å². The van der Waals surface area contributed by atoms with Crippen LogP contribution in [0.1, 0.15) is 26.6 Å². The van der Waals surface area contributed by atoms with Crippen LogP contribution in [0.25, 0.3) is 0 Å². The number of rotatable bonds is 4. The van der Waals surface area contributed by atoms with Crippen LogP contribution in [-0.2, 0) is 11.2 Å². The number of nitrogens with one attached hydrogen (secondary N) is 1. The molecular formula is C9H17N3OS. The van der Waals surface area contributed by atoms with Crippen LogP contribution in [0.2, 0.25) is 0 Å². The fraction of sp³-hybridized carbons (Fsp3) is 0.778.